The number of rotatable bonds is 5. The molecular formula is C20H27N5O2S. The van der Waals surface area contributed by atoms with E-state index in [4.69, 9.17) is 14.5 Å². The average molecular weight is 402 g/mol. The molecule has 0 unspecified atom stereocenters. The van der Waals surface area contributed by atoms with Gasteiger partial charge in [0.15, 0.2) is 22.6 Å². The van der Waals surface area contributed by atoms with Crippen LogP contribution in [0.15, 0.2) is 28.6 Å². The van der Waals surface area contributed by atoms with Crippen LogP contribution in [-0.2, 0) is 6.42 Å². The summed E-state index contributed by atoms with van der Waals surface area (Å²) in [4.78, 5) is 11.5. The van der Waals surface area contributed by atoms with Gasteiger partial charge in [-0.1, -0.05) is 0 Å². The van der Waals surface area contributed by atoms with E-state index in [1.54, 1.807) is 18.4 Å². The molecule has 2 aliphatic rings. The van der Waals surface area contributed by atoms with E-state index in [0.29, 0.717) is 13.2 Å². The van der Waals surface area contributed by atoms with Crippen LogP contribution in [0, 0.1) is 0 Å². The Morgan fingerprint density at radius 3 is 2.82 bits per heavy atom. The molecule has 2 aliphatic heterocycles. The Morgan fingerprint density at radius 2 is 2.00 bits per heavy atom. The molecule has 8 heteroatoms. The minimum Gasteiger partial charge on any atom is -0.490 e. The fourth-order valence-corrected chi connectivity index (χ4v) is 4.24. The standard InChI is InChI=1S/C20H27N5O2S/c1-21-19(23-15-5-6-17-18(13-15)27-12-4-11-26-17)22-8-7-16-14-28-20(24-16)25-9-2-3-10-25/h5-6,13-14H,2-4,7-12H2,1H3,(H2,21,22,23). The number of nitrogens with zero attached hydrogens (tertiary/aromatic N) is 3. The highest BCUT2D eigenvalue weighted by Crippen LogP contribution is 2.32. The van der Waals surface area contributed by atoms with Crippen molar-refractivity contribution in [2.24, 2.45) is 4.99 Å². The zero-order chi connectivity index (χ0) is 19.2. The average Bonchev–Trinajstić information content (AvgIpc) is 3.35. The van der Waals surface area contributed by atoms with Crippen molar-refractivity contribution in [2.75, 3.05) is 50.1 Å². The molecule has 0 aliphatic carbocycles. The van der Waals surface area contributed by atoms with E-state index in [-0.39, 0.29) is 0 Å². The summed E-state index contributed by atoms with van der Waals surface area (Å²) in [5.74, 6) is 2.29. The third-order valence-corrected chi connectivity index (χ3v) is 5.77. The van der Waals surface area contributed by atoms with Crippen LogP contribution >= 0.6 is 11.3 Å². The molecule has 0 amide bonds. The number of hydrogen-bond donors (Lipinski definition) is 2. The molecule has 0 radical (unpaired) electrons. The summed E-state index contributed by atoms with van der Waals surface area (Å²) in [7, 11) is 1.77. The lowest BCUT2D eigenvalue weighted by Gasteiger charge is -2.14. The molecule has 0 saturated carbocycles. The van der Waals surface area contributed by atoms with Gasteiger partial charge in [-0.25, -0.2) is 4.98 Å². The van der Waals surface area contributed by atoms with Crippen molar-refractivity contribution in [1.82, 2.24) is 10.3 Å². The quantitative estimate of drug-likeness (QED) is 0.593. The maximum atomic E-state index is 5.75. The predicted molar refractivity (Wildman–Crippen MR) is 114 cm³/mol. The van der Waals surface area contributed by atoms with Crippen molar-refractivity contribution in [1.29, 1.82) is 0 Å². The zero-order valence-corrected chi connectivity index (χ0v) is 17.1. The highest BCUT2D eigenvalue weighted by molar-refractivity contribution is 7.13. The molecule has 150 valence electrons. The number of guanidine groups is 1. The summed E-state index contributed by atoms with van der Waals surface area (Å²) in [6.45, 7) is 4.41. The number of nitrogens with one attached hydrogen (secondary N) is 2. The Balaban J connectivity index is 1.29. The second-order valence-electron chi connectivity index (χ2n) is 6.90. The van der Waals surface area contributed by atoms with Gasteiger partial charge in [0, 0.05) is 56.7 Å². The molecule has 4 rings (SSSR count). The lowest BCUT2D eigenvalue weighted by atomic mass is 10.2. The van der Waals surface area contributed by atoms with Gasteiger partial charge in [0.25, 0.3) is 0 Å². The number of anilines is 2. The molecule has 7 nitrogen and oxygen atoms in total. The lowest BCUT2D eigenvalue weighted by molar-refractivity contribution is 0.297. The zero-order valence-electron chi connectivity index (χ0n) is 16.2. The van der Waals surface area contributed by atoms with Crippen molar-refractivity contribution in [3.05, 3.63) is 29.3 Å². The van der Waals surface area contributed by atoms with Crippen LogP contribution in [0.3, 0.4) is 0 Å². The fraction of sp³-hybridized carbons (Fsp3) is 0.500. The summed E-state index contributed by atoms with van der Waals surface area (Å²) in [5.41, 5.74) is 2.05. The van der Waals surface area contributed by atoms with Crippen LogP contribution < -0.4 is 25.0 Å². The summed E-state index contributed by atoms with van der Waals surface area (Å²) in [6.07, 6.45) is 4.32. The topological polar surface area (TPSA) is 71.0 Å². The first-order valence-electron chi connectivity index (χ1n) is 9.88. The number of fused-ring (bicyclic) bond motifs is 1. The largest absolute Gasteiger partial charge is 0.490 e. The van der Waals surface area contributed by atoms with Crippen LogP contribution in [0.5, 0.6) is 11.5 Å². The third kappa shape index (κ3) is 4.67. The second-order valence-corrected chi connectivity index (χ2v) is 7.74. The lowest BCUT2D eigenvalue weighted by Crippen LogP contribution is -2.32. The van der Waals surface area contributed by atoms with Gasteiger partial charge in [0.1, 0.15) is 0 Å². The van der Waals surface area contributed by atoms with Crippen molar-refractivity contribution >= 4 is 28.1 Å². The minimum absolute atomic E-state index is 0.677. The number of aromatic nitrogens is 1. The number of aliphatic imine (C=N–C) groups is 1. The van der Waals surface area contributed by atoms with Gasteiger partial charge in [0.05, 0.1) is 18.9 Å². The summed E-state index contributed by atoms with van der Waals surface area (Å²) in [6, 6.07) is 5.87. The van der Waals surface area contributed by atoms with Gasteiger partial charge >= 0.3 is 0 Å². The van der Waals surface area contributed by atoms with Crippen molar-refractivity contribution in [3.8, 4) is 11.5 Å². The van der Waals surface area contributed by atoms with Gasteiger partial charge in [-0.3, -0.25) is 4.99 Å². The van der Waals surface area contributed by atoms with Gasteiger partial charge in [-0.15, -0.1) is 11.3 Å². The first-order chi connectivity index (χ1) is 13.8. The molecule has 2 N–H and O–H groups in total. The molecule has 1 saturated heterocycles. The highest BCUT2D eigenvalue weighted by Gasteiger charge is 2.15. The fourth-order valence-electron chi connectivity index (χ4n) is 3.33. The van der Waals surface area contributed by atoms with Gasteiger partial charge in [-0.2, -0.15) is 0 Å². The highest BCUT2D eigenvalue weighted by atomic mass is 32.1. The second kappa shape index (κ2) is 9.14. The number of thiazole rings is 1. The Morgan fingerprint density at radius 1 is 1.18 bits per heavy atom. The Hall–Kier alpha value is -2.48. The molecule has 1 aromatic heterocycles. The molecule has 2 aromatic rings. The third-order valence-electron chi connectivity index (χ3n) is 4.82. The monoisotopic (exact) mass is 401 g/mol. The molecule has 1 fully saturated rings. The van der Waals surface area contributed by atoms with E-state index in [1.807, 2.05) is 18.2 Å². The maximum absolute atomic E-state index is 5.75. The van der Waals surface area contributed by atoms with E-state index in [9.17, 15) is 0 Å². The maximum Gasteiger partial charge on any atom is 0.195 e. The van der Waals surface area contributed by atoms with Crippen LogP contribution in [0.1, 0.15) is 25.0 Å². The SMILES string of the molecule is CN=C(NCCc1csc(N2CCCC2)n1)Nc1ccc2c(c1)OCCCO2. The van der Waals surface area contributed by atoms with Gasteiger partial charge < -0.3 is 25.0 Å². The molecule has 3 heterocycles. The van der Waals surface area contributed by atoms with Crippen molar-refractivity contribution < 1.29 is 9.47 Å². The Kier molecular flexibility index (Phi) is 6.16. The summed E-state index contributed by atoms with van der Waals surface area (Å²) < 4.78 is 11.4. The smallest absolute Gasteiger partial charge is 0.195 e. The van der Waals surface area contributed by atoms with Crippen LogP contribution in [-0.4, -0.2) is 50.8 Å². The van der Waals surface area contributed by atoms with E-state index < -0.39 is 0 Å². The molecule has 0 bridgehead atoms. The first-order valence-corrected chi connectivity index (χ1v) is 10.8. The summed E-state index contributed by atoms with van der Waals surface area (Å²) >= 11 is 1.74. The van der Waals surface area contributed by atoms with Crippen LogP contribution in [0.25, 0.3) is 0 Å². The first kappa shape index (κ1) is 18.9. The van der Waals surface area contributed by atoms with Gasteiger partial charge in [0.2, 0.25) is 0 Å². The van der Waals surface area contributed by atoms with Crippen LogP contribution in [0.4, 0.5) is 10.8 Å². The normalized spacial score (nSPS) is 16.8. The van der Waals surface area contributed by atoms with Crippen molar-refractivity contribution in [3.63, 3.8) is 0 Å². The number of ether oxygens (including phenoxy) is 2. The Labute approximate surface area is 169 Å². The molecule has 0 spiro atoms. The van der Waals surface area contributed by atoms with E-state index >= 15 is 0 Å². The van der Waals surface area contributed by atoms with E-state index in [2.05, 4.69) is 25.9 Å². The van der Waals surface area contributed by atoms with E-state index in [1.165, 1.54) is 12.8 Å². The van der Waals surface area contributed by atoms with Crippen LogP contribution in [0.2, 0.25) is 0 Å². The predicted octanol–water partition coefficient (Wildman–Crippen LogP) is 3.13. The van der Waals surface area contributed by atoms with Gasteiger partial charge in [-0.05, 0) is 25.0 Å². The minimum atomic E-state index is 0.677. The molecule has 0 atom stereocenters. The van der Waals surface area contributed by atoms with Crippen molar-refractivity contribution in [2.45, 2.75) is 25.7 Å². The number of benzene rings is 1. The number of hydrogen-bond acceptors (Lipinski definition) is 6. The molecule has 28 heavy (non-hydrogen) atoms. The Bertz CT molecular complexity index is 817. The van der Waals surface area contributed by atoms with E-state index in [0.717, 1.165) is 66.4 Å². The molecule has 1 aromatic carbocycles. The summed E-state index contributed by atoms with van der Waals surface area (Å²) in [5, 5.41) is 9.99. The molecular weight excluding hydrogens is 374 g/mol.